The standard InChI is InChI=1S/C30H32N2O6S2/c1-37-16-17-38-25-19-24-20-29(32(30(24)31-21-25)40(35,36)27-10-4-3-5-11-27)28(18-22-8-6-7-9-22)23-12-14-26(15-13-23)39(2,33)34/h3-5,10-15,18-22H,6-9,16-17H2,1-2H3/b28-18+. The fourth-order valence-electron chi connectivity index (χ4n) is 5.07. The number of rotatable bonds is 10. The van der Waals surface area contributed by atoms with E-state index in [0.29, 0.717) is 35.6 Å². The zero-order valence-electron chi connectivity index (χ0n) is 22.5. The van der Waals surface area contributed by atoms with E-state index in [2.05, 4.69) is 11.1 Å². The molecule has 1 saturated carbocycles. The SMILES string of the molecule is COCCOc1cnc2c(c1)cc(/C(=C/C1CCCC1)c1ccc(S(C)(=O)=O)cc1)n2S(=O)(=O)c1ccccc1. The van der Waals surface area contributed by atoms with Crippen molar-refractivity contribution in [3.63, 3.8) is 0 Å². The summed E-state index contributed by atoms with van der Waals surface area (Å²) in [6, 6.07) is 18.5. The largest absolute Gasteiger partial charge is 0.490 e. The minimum atomic E-state index is -4.05. The van der Waals surface area contributed by atoms with Crippen molar-refractivity contribution >= 4 is 36.5 Å². The number of pyridine rings is 1. The molecule has 4 aromatic rings. The van der Waals surface area contributed by atoms with Crippen LogP contribution in [0.15, 0.2) is 88.8 Å². The van der Waals surface area contributed by atoms with E-state index in [1.807, 2.05) is 6.07 Å². The monoisotopic (exact) mass is 580 g/mol. The van der Waals surface area contributed by atoms with Gasteiger partial charge in [0.1, 0.15) is 12.4 Å². The molecule has 0 aliphatic heterocycles. The number of allylic oxidation sites excluding steroid dienone is 1. The van der Waals surface area contributed by atoms with Crippen LogP contribution in [0.25, 0.3) is 16.6 Å². The van der Waals surface area contributed by atoms with Gasteiger partial charge in [-0.15, -0.1) is 0 Å². The number of sulfone groups is 1. The van der Waals surface area contributed by atoms with Crippen LogP contribution in [-0.4, -0.2) is 52.4 Å². The Morgan fingerprint density at radius 2 is 1.65 bits per heavy atom. The lowest BCUT2D eigenvalue weighted by Crippen LogP contribution is -2.16. The molecule has 0 amide bonds. The molecule has 10 heteroatoms. The number of fused-ring (bicyclic) bond motifs is 1. The second kappa shape index (κ2) is 11.6. The molecule has 2 aromatic carbocycles. The first-order valence-electron chi connectivity index (χ1n) is 13.1. The van der Waals surface area contributed by atoms with Gasteiger partial charge in [0.2, 0.25) is 0 Å². The van der Waals surface area contributed by atoms with Crippen LogP contribution in [0.5, 0.6) is 5.75 Å². The third kappa shape index (κ3) is 5.84. The van der Waals surface area contributed by atoms with Crippen LogP contribution in [0.4, 0.5) is 0 Å². The maximum atomic E-state index is 14.2. The third-order valence-corrected chi connectivity index (χ3v) is 9.93. The number of hydrogen-bond acceptors (Lipinski definition) is 7. The normalized spacial score (nSPS) is 15.1. The highest BCUT2D eigenvalue weighted by Gasteiger charge is 2.27. The topological polar surface area (TPSA) is 105 Å². The van der Waals surface area contributed by atoms with Gasteiger partial charge in [-0.3, -0.25) is 0 Å². The molecule has 0 unspecified atom stereocenters. The van der Waals surface area contributed by atoms with Gasteiger partial charge in [0.05, 0.1) is 28.3 Å². The Balaban J connectivity index is 1.74. The zero-order chi connectivity index (χ0) is 28.3. The van der Waals surface area contributed by atoms with Crippen molar-refractivity contribution in [2.45, 2.75) is 35.5 Å². The Labute approximate surface area is 235 Å². The van der Waals surface area contributed by atoms with Crippen LogP contribution in [-0.2, 0) is 24.6 Å². The quantitative estimate of drug-likeness (QED) is 0.234. The first-order valence-corrected chi connectivity index (χ1v) is 16.5. The van der Waals surface area contributed by atoms with E-state index in [4.69, 9.17) is 9.47 Å². The summed E-state index contributed by atoms with van der Waals surface area (Å²) in [5.41, 5.74) is 2.18. The summed E-state index contributed by atoms with van der Waals surface area (Å²) in [7, 11) is -5.85. The summed E-state index contributed by atoms with van der Waals surface area (Å²) >= 11 is 0. The molecule has 2 aromatic heterocycles. The molecule has 1 fully saturated rings. The molecule has 5 rings (SSSR count). The van der Waals surface area contributed by atoms with Crippen molar-refractivity contribution in [1.29, 1.82) is 0 Å². The van der Waals surface area contributed by atoms with Gasteiger partial charge < -0.3 is 9.47 Å². The average molecular weight is 581 g/mol. The summed E-state index contributed by atoms with van der Waals surface area (Å²) in [6.07, 6.45) is 9.04. The zero-order valence-corrected chi connectivity index (χ0v) is 24.1. The number of aromatic nitrogens is 2. The van der Waals surface area contributed by atoms with Gasteiger partial charge in [0.25, 0.3) is 10.0 Å². The highest BCUT2D eigenvalue weighted by Crippen LogP contribution is 2.37. The second-order valence-electron chi connectivity index (χ2n) is 9.96. The fraction of sp³-hybridized carbons (Fsp3) is 0.300. The van der Waals surface area contributed by atoms with E-state index in [1.54, 1.807) is 67.8 Å². The van der Waals surface area contributed by atoms with Crippen molar-refractivity contribution in [3.8, 4) is 5.75 Å². The van der Waals surface area contributed by atoms with Crippen molar-refractivity contribution in [2.75, 3.05) is 26.6 Å². The molecule has 0 saturated heterocycles. The van der Waals surface area contributed by atoms with Gasteiger partial charge in [0, 0.05) is 24.3 Å². The average Bonchev–Trinajstić information content (AvgIpc) is 3.60. The fourth-order valence-corrected chi connectivity index (χ4v) is 7.20. The van der Waals surface area contributed by atoms with E-state index >= 15 is 0 Å². The summed E-state index contributed by atoms with van der Waals surface area (Å²) in [5.74, 6) is 0.778. The molecule has 40 heavy (non-hydrogen) atoms. The summed E-state index contributed by atoms with van der Waals surface area (Å²) in [5, 5.41) is 0.606. The minimum Gasteiger partial charge on any atom is -0.490 e. The van der Waals surface area contributed by atoms with Crippen LogP contribution in [0.3, 0.4) is 0 Å². The molecule has 0 bridgehead atoms. The van der Waals surface area contributed by atoms with Gasteiger partial charge >= 0.3 is 0 Å². The van der Waals surface area contributed by atoms with Crippen LogP contribution >= 0.6 is 0 Å². The predicted molar refractivity (Wildman–Crippen MR) is 155 cm³/mol. The van der Waals surface area contributed by atoms with E-state index in [0.717, 1.165) is 31.2 Å². The van der Waals surface area contributed by atoms with E-state index in [9.17, 15) is 16.8 Å². The maximum absolute atomic E-state index is 14.2. The second-order valence-corrected chi connectivity index (χ2v) is 13.8. The van der Waals surface area contributed by atoms with E-state index < -0.39 is 19.9 Å². The van der Waals surface area contributed by atoms with Crippen LogP contribution in [0.2, 0.25) is 0 Å². The van der Waals surface area contributed by atoms with Gasteiger partial charge in [0.15, 0.2) is 15.5 Å². The van der Waals surface area contributed by atoms with Gasteiger partial charge in [-0.2, -0.15) is 0 Å². The number of nitrogens with zero attached hydrogens (tertiary/aromatic N) is 2. The Bertz CT molecular complexity index is 1740. The Morgan fingerprint density at radius 1 is 0.950 bits per heavy atom. The van der Waals surface area contributed by atoms with Crippen molar-refractivity contribution in [2.24, 2.45) is 5.92 Å². The molecule has 1 aliphatic rings. The minimum absolute atomic E-state index is 0.142. The lowest BCUT2D eigenvalue weighted by molar-refractivity contribution is 0.146. The number of ether oxygens (including phenoxy) is 2. The molecule has 8 nitrogen and oxygen atoms in total. The first kappa shape index (κ1) is 28.1. The molecule has 1 aliphatic carbocycles. The van der Waals surface area contributed by atoms with Crippen LogP contribution in [0, 0.1) is 5.92 Å². The number of hydrogen-bond donors (Lipinski definition) is 0. The third-order valence-electron chi connectivity index (χ3n) is 7.08. The molecule has 0 spiro atoms. The van der Waals surface area contributed by atoms with E-state index in [-0.39, 0.29) is 21.4 Å². The van der Waals surface area contributed by atoms with Crippen molar-refractivity contribution < 1.29 is 26.3 Å². The molecule has 0 atom stereocenters. The Morgan fingerprint density at radius 3 is 2.30 bits per heavy atom. The Hall–Kier alpha value is -3.47. The van der Waals surface area contributed by atoms with Gasteiger partial charge in [-0.05, 0) is 60.7 Å². The molecular weight excluding hydrogens is 548 g/mol. The predicted octanol–water partition coefficient (Wildman–Crippen LogP) is 5.32. The van der Waals surface area contributed by atoms with Crippen LogP contribution in [0.1, 0.15) is 36.9 Å². The Kier molecular flexibility index (Phi) is 8.11. The number of methoxy groups -OCH3 is 1. The smallest absolute Gasteiger partial charge is 0.269 e. The van der Waals surface area contributed by atoms with Crippen molar-refractivity contribution in [1.82, 2.24) is 8.96 Å². The van der Waals surface area contributed by atoms with Crippen LogP contribution < -0.4 is 4.74 Å². The summed E-state index contributed by atoms with van der Waals surface area (Å²) < 4.78 is 64.7. The highest BCUT2D eigenvalue weighted by molar-refractivity contribution is 7.90. The molecule has 210 valence electrons. The lowest BCUT2D eigenvalue weighted by atomic mass is 9.96. The summed E-state index contributed by atoms with van der Waals surface area (Å²) in [6.45, 7) is 0.740. The summed E-state index contributed by atoms with van der Waals surface area (Å²) in [4.78, 5) is 4.88. The molecule has 0 N–H and O–H groups in total. The maximum Gasteiger partial charge on any atom is 0.269 e. The first-order chi connectivity index (χ1) is 19.2. The molecule has 2 heterocycles. The molecular formula is C30H32N2O6S2. The molecule has 0 radical (unpaired) electrons. The number of benzene rings is 2. The van der Waals surface area contributed by atoms with Crippen molar-refractivity contribution in [3.05, 3.63) is 90.3 Å². The van der Waals surface area contributed by atoms with Gasteiger partial charge in [-0.1, -0.05) is 49.2 Å². The van der Waals surface area contributed by atoms with E-state index in [1.165, 1.54) is 16.4 Å². The van der Waals surface area contributed by atoms with Gasteiger partial charge in [-0.25, -0.2) is 25.8 Å². The lowest BCUT2D eigenvalue weighted by Gasteiger charge is -2.16. The highest BCUT2D eigenvalue weighted by atomic mass is 32.2.